The molecule has 0 saturated heterocycles. The average Bonchev–Trinajstić information content (AvgIpc) is 2.60. The summed E-state index contributed by atoms with van der Waals surface area (Å²) < 4.78 is 2.65. The topological polar surface area (TPSA) is 72.9 Å². The van der Waals surface area contributed by atoms with Crippen LogP contribution in [0.25, 0.3) is 0 Å². The first-order valence-corrected chi connectivity index (χ1v) is 5.47. The smallest absolute Gasteiger partial charge is 0.258 e. The van der Waals surface area contributed by atoms with Crippen molar-refractivity contribution in [3.8, 4) is 0 Å². The molecule has 14 heavy (non-hydrogen) atoms. The van der Waals surface area contributed by atoms with Crippen LogP contribution in [0, 0.1) is 3.57 Å². The number of nitrogens with two attached hydrogens (primary N) is 1. The van der Waals surface area contributed by atoms with Crippen LogP contribution in [0.2, 0.25) is 0 Å². The summed E-state index contributed by atoms with van der Waals surface area (Å²) in [5.41, 5.74) is 2.16. The molecule has 0 fully saturated rings. The van der Waals surface area contributed by atoms with Gasteiger partial charge in [-0.1, -0.05) is 13.3 Å². The van der Waals surface area contributed by atoms with Crippen LogP contribution in [0.15, 0.2) is 12.4 Å². The first kappa shape index (κ1) is 11.4. The second kappa shape index (κ2) is 5.30. The number of amides is 1. The van der Waals surface area contributed by atoms with Gasteiger partial charge < -0.3 is 0 Å². The fourth-order valence-electron chi connectivity index (χ4n) is 1.24. The minimum atomic E-state index is -0.298. The number of carbonyl (C=O) groups excluding carboxylic acids is 1. The van der Waals surface area contributed by atoms with E-state index in [9.17, 15) is 4.79 Å². The van der Waals surface area contributed by atoms with Crippen molar-refractivity contribution in [1.29, 1.82) is 0 Å². The van der Waals surface area contributed by atoms with Crippen LogP contribution in [-0.4, -0.2) is 15.7 Å². The molecule has 1 amide bonds. The number of aromatic nitrogens is 2. The highest BCUT2D eigenvalue weighted by Crippen LogP contribution is 2.14. The zero-order valence-electron chi connectivity index (χ0n) is 7.90. The molecule has 1 aromatic heterocycles. The Balaban J connectivity index is 2.82. The molecule has 0 aromatic carbocycles. The largest absolute Gasteiger partial charge is 0.292 e. The first-order chi connectivity index (χ1) is 6.69. The second-order valence-electron chi connectivity index (χ2n) is 2.95. The van der Waals surface area contributed by atoms with Crippen LogP contribution < -0.4 is 11.3 Å². The fraction of sp³-hybridized carbons (Fsp3) is 0.500. The number of hydrogen-bond acceptors (Lipinski definition) is 3. The number of rotatable bonds is 4. The van der Waals surface area contributed by atoms with Crippen molar-refractivity contribution in [3.63, 3.8) is 0 Å². The van der Waals surface area contributed by atoms with Gasteiger partial charge in [0.25, 0.3) is 5.91 Å². The van der Waals surface area contributed by atoms with Crippen molar-refractivity contribution in [3.05, 3.63) is 16.0 Å². The second-order valence-corrected chi connectivity index (χ2v) is 4.20. The minimum absolute atomic E-state index is 0.202. The van der Waals surface area contributed by atoms with Crippen molar-refractivity contribution < 1.29 is 4.79 Å². The van der Waals surface area contributed by atoms with Gasteiger partial charge in [0, 0.05) is 6.20 Å². The van der Waals surface area contributed by atoms with Gasteiger partial charge in [-0.3, -0.25) is 14.9 Å². The molecule has 3 N–H and O–H groups in total. The van der Waals surface area contributed by atoms with Crippen molar-refractivity contribution >= 4 is 28.5 Å². The Bertz CT molecular complexity index is 312. The standard InChI is InChI=1S/C8H13IN4O/c1-2-3-7(8(14)12-10)13-5-6(9)4-11-13/h4-5,7H,2-3,10H2,1H3,(H,12,14). The van der Waals surface area contributed by atoms with E-state index in [0.29, 0.717) is 0 Å². The molecule has 1 rings (SSSR count). The number of nitrogens with zero attached hydrogens (tertiary/aromatic N) is 2. The summed E-state index contributed by atoms with van der Waals surface area (Å²) in [5.74, 6) is 4.90. The molecule has 1 unspecified atom stereocenters. The van der Waals surface area contributed by atoms with Crippen molar-refractivity contribution in [2.24, 2.45) is 5.84 Å². The van der Waals surface area contributed by atoms with E-state index in [0.717, 1.165) is 16.4 Å². The summed E-state index contributed by atoms with van der Waals surface area (Å²) in [7, 11) is 0. The van der Waals surface area contributed by atoms with E-state index < -0.39 is 0 Å². The van der Waals surface area contributed by atoms with E-state index in [4.69, 9.17) is 5.84 Å². The van der Waals surface area contributed by atoms with Gasteiger partial charge in [0.1, 0.15) is 6.04 Å². The van der Waals surface area contributed by atoms with E-state index >= 15 is 0 Å². The van der Waals surface area contributed by atoms with Crippen LogP contribution in [0.5, 0.6) is 0 Å². The average molecular weight is 308 g/mol. The highest BCUT2D eigenvalue weighted by molar-refractivity contribution is 14.1. The Morgan fingerprint density at radius 2 is 2.57 bits per heavy atom. The molecule has 1 atom stereocenters. The normalized spacial score (nSPS) is 12.5. The van der Waals surface area contributed by atoms with Gasteiger partial charge in [-0.2, -0.15) is 5.10 Å². The molecule has 0 aliphatic rings. The molecule has 5 nitrogen and oxygen atoms in total. The zero-order valence-corrected chi connectivity index (χ0v) is 10.1. The predicted octanol–water partition coefficient (Wildman–Crippen LogP) is 0.819. The van der Waals surface area contributed by atoms with Crippen LogP contribution >= 0.6 is 22.6 Å². The van der Waals surface area contributed by atoms with Gasteiger partial charge in [0.05, 0.1) is 9.77 Å². The number of carbonyl (C=O) groups is 1. The van der Waals surface area contributed by atoms with Crippen molar-refractivity contribution in [2.45, 2.75) is 25.8 Å². The highest BCUT2D eigenvalue weighted by Gasteiger charge is 2.18. The summed E-state index contributed by atoms with van der Waals surface area (Å²) >= 11 is 2.15. The quantitative estimate of drug-likeness (QED) is 0.374. The van der Waals surface area contributed by atoms with Crippen LogP contribution in [0.1, 0.15) is 25.8 Å². The van der Waals surface area contributed by atoms with Crippen LogP contribution in [-0.2, 0) is 4.79 Å². The van der Waals surface area contributed by atoms with Gasteiger partial charge >= 0.3 is 0 Å². The zero-order chi connectivity index (χ0) is 10.6. The van der Waals surface area contributed by atoms with E-state index in [1.54, 1.807) is 10.9 Å². The lowest BCUT2D eigenvalue weighted by Gasteiger charge is -2.14. The molecule has 0 radical (unpaired) electrons. The van der Waals surface area contributed by atoms with E-state index in [1.165, 1.54) is 0 Å². The Morgan fingerprint density at radius 1 is 1.86 bits per heavy atom. The van der Waals surface area contributed by atoms with Gasteiger partial charge in [0.2, 0.25) is 0 Å². The molecule has 0 aliphatic carbocycles. The third-order valence-corrected chi connectivity index (χ3v) is 2.45. The molecule has 0 bridgehead atoms. The maximum Gasteiger partial charge on any atom is 0.258 e. The highest BCUT2D eigenvalue weighted by atomic mass is 127. The summed E-state index contributed by atoms with van der Waals surface area (Å²) in [5, 5.41) is 4.10. The number of hydrazine groups is 1. The molecule has 78 valence electrons. The Labute approximate surface area is 96.1 Å². The van der Waals surface area contributed by atoms with Gasteiger partial charge in [-0.05, 0) is 29.0 Å². The molecular weight excluding hydrogens is 295 g/mol. The third-order valence-electron chi connectivity index (χ3n) is 1.90. The van der Waals surface area contributed by atoms with E-state index in [2.05, 4.69) is 33.1 Å². The summed E-state index contributed by atoms with van der Waals surface area (Å²) in [6.07, 6.45) is 5.19. The Morgan fingerprint density at radius 3 is 3.00 bits per heavy atom. The maximum absolute atomic E-state index is 11.4. The Kier molecular flexibility index (Phi) is 4.33. The first-order valence-electron chi connectivity index (χ1n) is 4.39. The molecule has 1 aromatic rings. The number of hydrogen-bond donors (Lipinski definition) is 2. The van der Waals surface area contributed by atoms with Gasteiger partial charge in [-0.25, -0.2) is 5.84 Å². The van der Waals surface area contributed by atoms with Crippen LogP contribution in [0.4, 0.5) is 0 Å². The van der Waals surface area contributed by atoms with E-state index in [-0.39, 0.29) is 11.9 Å². The SMILES string of the molecule is CCCC(C(=O)NN)n1cc(I)cn1. The van der Waals surface area contributed by atoms with E-state index in [1.807, 2.05) is 13.1 Å². The lowest BCUT2D eigenvalue weighted by Crippen LogP contribution is -2.37. The number of halogens is 1. The van der Waals surface area contributed by atoms with Crippen LogP contribution in [0.3, 0.4) is 0 Å². The molecular formula is C8H13IN4O. The summed E-state index contributed by atoms with van der Waals surface area (Å²) in [6, 6.07) is -0.298. The fourth-order valence-corrected chi connectivity index (χ4v) is 1.65. The van der Waals surface area contributed by atoms with Gasteiger partial charge in [0.15, 0.2) is 0 Å². The Hall–Kier alpha value is -0.630. The molecule has 6 heteroatoms. The maximum atomic E-state index is 11.4. The molecule has 0 aliphatic heterocycles. The third kappa shape index (κ3) is 2.68. The number of nitrogens with one attached hydrogen (secondary N) is 1. The lowest BCUT2D eigenvalue weighted by atomic mass is 10.1. The summed E-state index contributed by atoms with van der Waals surface area (Å²) in [6.45, 7) is 2.02. The predicted molar refractivity (Wildman–Crippen MR) is 61.2 cm³/mol. The van der Waals surface area contributed by atoms with Gasteiger partial charge in [-0.15, -0.1) is 0 Å². The van der Waals surface area contributed by atoms with Crippen molar-refractivity contribution in [2.75, 3.05) is 0 Å². The summed E-state index contributed by atoms with van der Waals surface area (Å²) in [4.78, 5) is 11.4. The lowest BCUT2D eigenvalue weighted by molar-refractivity contribution is -0.124. The van der Waals surface area contributed by atoms with Crippen molar-refractivity contribution in [1.82, 2.24) is 15.2 Å². The molecule has 1 heterocycles. The monoisotopic (exact) mass is 308 g/mol. The molecule has 0 saturated carbocycles. The molecule has 0 spiro atoms. The minimum Gasteiger partial charge on any atom is -0.292 e.